The number of dihydropyridines is 1. The van der Waals surface area contributed by atoms with Gasteiger partial charge in [-0.1, -0.05) is 54.2 Å². The molecular formula is C25H25N3O4S. The minimum absolute atomic E-state index is 0.0545. The van der Waals surface area contributed by atoms with Crippen molar-refractivity contribution in [2.75, 3.05) is 24.8 Å². The van der Waals surface area contributed by atoms with Crippen molar-refractivity contribution >= 4 is 29.3 Å². The third-order valence-corrected chi connectivity index (χ3v) is 6.01. The Hall–Kier alpha value is -3.70. The van der Waals surface area contributed by atoms with E-state index in [1.807, 2.05) is 36.4 Å². The maximum absolute atomic E-state index is 13.5. The molecule has 7 nitrogen and oxygen atoms in total. The second-order valence-electron chi connectivity index (χ2n) is 7.11. The van der Waals surface area contributed by atoms with Crippen LogP contribution in [0.15, 0.2) is 76.5 Å². The lowest BCUT2D eigenvalue weighted by Crippen LogP contribution is -2.31. The molecular weight excluding hydrogens is 438 g/mol. The summed E-state index contributed by atoms with van der Waals surface area (Å²) in [6.45, 7) is 3.81. The SMILES string of the molecule is CCOC(=O)CSC1=C(C#N)C(c2ccccc2)C(C(=O)Nc2ccccc2OC)=C(C)N1. The van der Waals surface area contributed by atoms with Gasteiger partial charge in [-0.2, -0.15) is 5.26 Å². The Bertz CT molecular complexity index is 1140. The normalized spacial score (nSPS) is 15.4. The van der Waals surface area contributed by atoms with Crippen LogP contribution in [-0.4, -0.2) is 31.3 Å². The predicted octanol–water partition coefficient (Wildman–Crippen LogP) is 4.33. The molecule has 1 aliphatic heterocycles. The largest absolute Gasteiger partial charge is 0.495 e. The molecule has 1 unspecified atom stereocenters. The molecule has 2 aromatic carbocycles. The van der Waals surface area contributed by atoms with Crippen molar-refractivity contribution in [1.82, 2.24) is 5.32 Å². The van der Waals surface area contributed by atoms with Crippen molar-refractivity contribution in [3.63, 3.8) is 0 Å². The molecule has 1 heterocycles. The van der Waals surface area contributed by atoms with E-state index >= 15 is 0 Å². The van der Waals surface area contributed by atoms with Gasteiger partial charge < -0.3 is 20.1 Å². The number of carbonyl (C=O) groups excluding carboxylic acids is 2. The van der Waals surface area contributed by atoms with E-state index in [0.29, 0.717) is 33.3 Å². The van der Waals surface area contributed by atoms with Crippen LogP contribution in [0.2, 0.25) is 0 Å². The quantitative estimate of drug-likeness (QED) is 0.562. The van der Waals surface area contributed by atoms with Crippen LogP contribution in [0.25, 0.3) is 0 Å². The van der Waals surface area contributed by atoms with Gasteiger partial charge in [-0.05, 0) is 31.5 Å². The molecule has 2 N–H and O–H groups in total. The van der Waals surface area contributed by atoms with E-state index in [1.165, 1.54) is 18.9 Å². The highest BCUT2D eigenvalue weighted by Gasteiger charge is 2.35. The average Bonchev–Trinajstić information content (AvgIpc) is 2.83. The number of nitriles is 1. The number of benzene rings is 2. The number of ether oxygens (including phenoxy) is 2. The van der Waals surface area contributed by atoms with Gasteiger partial charge in [0.2, 0.25) is 0 Å². The van der Waals surface area contributed by atoms with Crippen LogP contribution in [0.1, 0.15) is 25.3 Å². The van der Waals surface area contributed by atoms with E-state index < -0.39 is 5.92 Å². The summed E-state index contributed by atoms with van der Waals surface area (Å²) in [5.41, 5.74) is 2.72. The molecule has 1 aliphatic rings. The van der Waals surface area contributed by atoms with Crippen molar-refractivity contribution in [3.05, 3.63) is 82.0 Å². The number of hydrogen-bond acceptors (Lipinski definition) is 7. The number of rotatable bonds is 8. The molecule has 0 aromatic heterocycles. The number of anilines is 1. The van der Waals surface area contributed by atoms with Gasteiger partial charge in [-0.15, -0.1) is 0 Å². The number of methoxy groups -OCH3 is 1. The maximum atomic E-state index is 13.5. The highest BCUT2D eigenvalue weighted by atomic mass is 32.2. The molecule has 0 radical (unpaired) electrons. The number of hydrogen-bond donors (Lipinski definition) is 2. The summed E-state index contributed by atoms with van der Waals surface area (Å²) < 4.78 is 10.4. The summed E-state index contributed by atoms with van der Waals surface area (Å²) >= 11 is 1.19. The maximum Gasteiger partial charge on any atom is 0.316 e. The third-order valence-electron chi connectivity index (χ3n) is 5.02. The molecule has 170 valence electrons. The Labute approximate surface area is 197 Å². The van der Waals surface area contributed by atoms with Crippen LogP contribution >= 0.6 is 11.8 Å². The molecule has 1 amide bonds. The Morgan fingerprint density at radius 1 is 1.15 bits per heavy atom. The van der Waals surface area contributed by atoms with E-state index in [4.69, 9.17) is 9.47 Å². The zero-order valence-corrected chi connectivity index (χ0v) is 19.5. The first-order valence-corrected chi connectivity index (χ1v) is 11.4. The van der Waals surface area contributed by atoms with Crippen LogP contribution in [0, 0.1) is 11.3 Å². The predicted molar refractivity (Wildman–Crippen MR) is 128 cm³/mol. The van der Waals surface area contributed by atoms with Gasteiger partial charge in [0.1, 0.15) is 5.75 Å². The molecule has 0 fully saturated rings. The van der Waals surface area contributed by atoms with E-state index in [9.17, 15) is 14.9 Å². The number of esters is 1. The van der Waals surface area contributed by atoms with Gasteiger partial charge in [-0.25, -0.2) is 0 Å². The highest BCUT2D eigenvalue weighted by molar-refractivity contribution is 8.03. The monoisotopic (exact) mass is 463 g/mol. The molecule has 2 aromatic rings. The topological polar surface area (TPSA) is 100 Å². The zero-order valence-electron chi connectivity index (χ0n) is 18.7. The van der Waals surface area contributed by atoms with E-state index in [2.05, 4.69) is 16.7 Å². The second kappa shape index (κ2) is 11.2. The lowest BCUT2D eigenvalue weighted by atomic mass is 9.82. The standard InChI is InChI=1S/C25H25N3O4S/c1-4-32-21(29)15-33-25-18(14-26)23(17-10-6-5-7-11-17)22(16(2)27-25)24(30)28-19-12-8-9-13-20(19)31-3/h5-13,23,27H,4,15H2,1-3H3,(H,28,30). The lowest BCUT2D eigenvalue weighted by molar-refractivity contribution is -0.139. The van der Waals surface area contributed by atoms with Crippen LogP contribution in [0.3, 0.4) is 0 Å². The summed E-state index contributed by atoms with van der Waals surface area (Å²) in [7, 11) is 1.54. The smallest absolute Gasteiger partial charge is 0.316 e. The van der Waals surface area contributed by atoms with E-state index in [1.54, 1.807) is 32.0 Å². The van der Waals surface area contributed by atoms with Crippen LogP contribution in [0.4, 0.5) is 5.69 Å². The van der Waals surface area contributed by atoms with Gasteiger partial charge >= 0.3 is 5.97 Å². The molecule has 0 bridgehead atoms. The molecule has 0 saturated carbocycles. The van der Waals surface area contributed by atoms with Crippen molar-refractivity contribution in [1.29, 1.82) is 5.26 Å². The van der Waals surface area contributed by atoms with Crippen LogP contribution in [-0.2, 0) is 14.3 Å². The molecule has 8 heteroatoms. The summed E-state index contributed by atoms with van der Waals surface area (Å²) in [6, 6.07) is 18.8. The summed E-state index contributed by atoms with van der Waals surface area (Å²) in [5, 5.41) is 16.7. The number of carbonyl (C=O) groups is 2. The van der Waals surface area contributed by atoms with Crippen LogP contribution in [0.5, 0.6) is 5.75 Å². The summed E-state index contributed by atoms with van der Waals surface area (Å²) in [5.74, 6) is -0.728. The van der Waals surface area contributed by atoms with Crippen molar-refractivity contribution < 1.29 is 19.1 Å². The summed E-state index contributed by atoms with van der Waals surface area (Å²) in [6.07, 6.45) is 0. The second-order valence-corrected chi connectivity index (χ2v) is 8.10. The Kier molecular flexibility index (Phi) is 8.17. The first-order chi connectivity index (χ1) is 16.0. The number of allylic oxidation sites excluding steroid dienone is 2. The highest BCUT2D eigenvalue weighted by Crippen LogP contribution is 2.41. The number of nitrogens with zero attached hydrogens (tertiary/aromatic N) is 1. The number of thioether (sulfide) groups is 1. The fraction of sp³-hybridized carbons (Fsp3) is 0.240. The fourth-order valence-electron chi connectivity index (χ4n) is 3.58. The molecule has 0 aliphatic carbocycles. The van der Waals surface area contributed by atoms with Crippen molar-refractivity contribution in [2.45, 2.75) is 19.8 Å². The number of amides is 1. The Morgan fingerprint density at radius 2 is 1.85 bits per heavy atom. The van der Waals surface area contributed by atoms with Crippen molar-refractivity contribution in [2.24, 2.45) is 0 Å². The number of nitrogens with one attached hydrogen (secondary N) is 2. The Morgan fingerprint density at radius 3 is 2.52 bits per heavy atom. The van der Waals surface area contributed by atoms with Gasteiger partial charge in [0.05, 0.1) is 47.7 Å². The van der Waals surface area contributed by atoms with Crippen molar-refractivity contribution in [3.8, 4) is 11.8 Å². The average molecular weight is 464 g/mol. The van der Waals surface area contributed by atoms with E-state index in [-0.39, 0.29) is 24.2 Å². The fourth-order valence-corrected chi connectivity index (χ4v) is 4.47. The van der Waals surface area contributed by atoms with Gasteiger partial charge in [-0.3, -0.25) is 9.59 Å². The minimum atomic E-state index is -0.600. The minimum Gasteiger partial charge on any atom is -0.495 e. The molecule has 0 saturated heterocycles. The first kappa shape index (κ1) is 24.0. The number of para-hydroxylation sites is 2. The van der Waals surface area contributed by atoms with E-state index in [0.717, 1.165) is 5.56 Å². The zero-order chi connectivity index (χ0) is 23.8. The molecule has 0 spiro atoms. The van der Waals surface area contributed by atoms with Gasteiger partial charge in [0.25, 0.3) is 5.91 Å². The Balaban J connectivity index is 2.00. The molecule has 3 rings (SSSR count). The lowest BCUT2D eigenvalue weighted by Gasteiger charge is -2.30. The first-order valence-electron chi connectivity index (χ1n) is 10.4. The third kappa shape index (κ3) is 5.57. The van der Waals surface area contributed by atoms with Crippen LogP contribution < -0.4 is 15.4 Å². The summed E-state index contributed by atoms with van der Waals surface area (Å²) in [4.78, 5) is 25.4. The van der Waals surface area contributed by atoms with Gasteiger partial charge in [0.15, 0.2) is 0 Å². The molecule has 33 heavy (non-hydrogen) atoms. The van der Waals surface area contributed by atoms with Gasteiger partial charge in [0, 0.05) is 11.3 Å². The molecule has 1 atom stereocenters.